The number of aromatic amines is 2. The first kappa shape index (κ1) is 21.2. The fraction of sp³-hybridized carbons (Fsp3) is 0.222. The number of benzene rings is 3. The van der Waals surface area contributed by atoms with Crippen LogP contribution >= 0.6 is 0 Å². The van der Waals surface area contributed by atoms with Crippen LogP contribution in [0.1, 0.15) is 47.1 Å². The average molecular weight is 469 g/mol. The Balaban J connectivity index is 1.63. The van der Waals surface area contributed by atoms with Gasteiger partial charge in [-0.3, -0.25) is 14.9 Å². The number of amides is 3. The van der Waals surface area contributed by atoms with E-state index in [9.17, 15) is 14.4 Å². The molecule has 3 N–H and O–H groups in total. The van der Waals surface area contributed by atoms with Crippen molar-refractivity contribution in [1.29, 1.82) is 0 Å². The fourth-order valence-corrected chi connectivity index (χ4v) is 5.04. The average Bonchev–Trinajstić information content (AvgIpc) is 3.44. The zero-order valence-electron chi connectivity index (χ0n) is 19.8. The molecule has 8 nitrogen and oxygen atoms in total. The first-order chi connectivity index (χ1) is 16.6. The Morgan fingerprint density at radius 2 is 1.49 bits per heavy atom. The maximum atomic E-state index is 13.0. The molecule has 2 aromatic heterocycles. The summed E-state index contributed by atoms with van der Waals surface area (Å²) in [6.45, 7) is 5.79. The summed E-state index contributed by atoms with van der Waals surface area (Å²) in [5, 5.41) is 5.60. The van der Waals surface area contributed by atoms with Gasteiger partial charge in [0.15, 0.2) is 0 Å². The van der Waals surface area contributed by atoms with Crippen LogP contribution in [-0.4, -0.2) is 45.4 Å². The molecule has 0 bridgehead atoms. The van der Waals surface area contributed by atoms with Gasteiger partial charge in [0.05, 0.1) is 34.2 Å². The molecule has 0 fully saturated rings. The van der Waals surface area contributed by atoms with Crippen molar-refractivity contribution in [3.05, 3.63) is 59.2 Å². The summed E-state index contributed by atoms with van der Waals surface area (Å²) in [6.07, 6.45) is -0.422. The molecule has 6 rings (SSSR count). The molecule has 0 atom stereocenters. The number of carbonyl (C=O) groups excluding carboxylic acids is 3. The lowest BCUT2D eigenvalue weighted by molar-refractivity contribution is 0.0285. The van der Waals surface area contributed by atoms with Crippen LogP contribution in [0.5, 0.6) is 0 Å². The van der Waals surface area contributed by atoms with Crippen LogP contribution < -0.4 is 5.32 Å². The molecule has 0 spiro atoms. The second-order valence-corrected chi connectivity index (χ2v) is 10.0. The number of hydrogen-bond acceptors (Lipinski definition) is 4. The summed E-state index contributed by atoms with van der Waals surface area (Å²) in [7, 11) is 1.69. The third kappa shape index (κ3) is 3.10. The topological polar surface area (TPSA) is 107 Å². The van der Waals surface area contributed by atoms with Gasteiger partial charge in [0.1, 0.15) is 5.60 Å². The number of carbonyl (C=O) groups is 3. The number of nitrogens with zero attached hydrogens (tertiary/aromatic N) is 1. The van der Waals surface area contributed by atoms with Gasteiger partial charge in [-0.1, -0.05) is 36.4 Å². The molecule has 3 heterocycles. The largest absolute Gasteiger partial charge is 0.444 e. The molecular formula is C27H24N4O4. The molecule has 0 saturated carbocycles. The van der Waals surface area contributed by atoms with E-state index in [0.717, 1.165) is 43.8 Å². The van der Waals surface area contributed by atoms with Crippen molar-refractivity contribution < 1.29 is 19.1 Å². The number of aromatic nitrogens is 2. The van der Waals surface area contributed by atoms with E-state index >= 15 is 0 Å². The van der Waals surface area contributed by atoms with Crippen molar-refractivity contribution in [1.82, 2.24) is 20.2 Å². The molecule has 1 aliphatic rings. The van der Waals surface area contributed by atoms with Crippen molar-refractivity contribution in [3.8, 4) is 0 Å². The highest BCUT2D eigenvalue weighted by Crippen LogP contribution is 2.42. The van der Waals surface area contributed by atoms with E-state index in [4.69, 9.17) is 4.74 Å². The summed E-state index contributed by atoms with van der Waals surface area (Å²) >= 11 is 0. The van der Waals surface area contributed by atoms with Crippen LogP contribution in [-0.2, 0) is 11.3 Å². The van der Waals surface area contributed by atoms with Crippen LogP contribution in [0.25, 0.3) is 43.6 Å². The van der Waals surface area contributed by atoms with Gasteiger partial charge in [-0.2, -0.15) is 0 Å². The Morgan fingerprint density at radius 3 is 2.20 bits per heavy atom. The number of H-pyrrole nitrogens is 2. The lowest BCUT2D eigenvalue weighted by atomic mass is 9.96. The number of imide groups is 1. The lowest BCUT2D eigenvalue weighted by Crippen LogP contribution is -2.33. The van der Waals surface area contributed by atoms with Gasteiger partial charge < -0.3 is 19.6 Å². The molecule has 5 aromatic rings. The summed E-state index contributed by atoms with van der Waals surface area (Å²) in [4.78, 5) is 47.0. The van der Waals surface area contributed by atoms with Crippen LogP contribution in [0.2, 0.25) is 0 Å². The van der Waals surface area contributed by atoms with Crippen LogP contribution in [0.3, 0.4) is 0 Å². The van der Waals surface area contributed by atoms with Crippen molar-refractivity contribution in [2.24, 2.45) is 0 Å². The molecule has 0 saturated heterocycles. The lowest BCUT2D eigenvalue weighted by Gasteiger charge is -2.24. The Kier molecular flexibility index (Phi) is 4.30. The number of rotatable bonds is 2. The highest BCUT2D eigenvalue weighted by molar-refractivity contribution is 6.39. The van der Waals surface area contributed by atoms with Gasteiger partial charge in [-0.25, -0.2) is 4.79 Å². The Morgan fingerprint density at radius 1 is 0.857 bits per heavy atom. The molecule has 8 heteroatoms. The normalized spacial score (nSPS) is 13.7. The van der Waals surface area contributed by atoms with E-state index in [2.05, 4.69) is 15.3 Å². The molecule has 176 valence electrons. The third-order valence-electron chi connectivity index (χ3n) is 6.42. The van der Waals surface area contributed by atoms with Gasteiger partial charge in [-0.15, -0.1) is 0 Å². The van der Waals surface area contributed by atoms with Crippen molar-refractivity contribution in [3.63, 3.8) is 0 Å². The Bertz CT molecular complexity index is 1740. The van der Waals surface area contributed by atoms with E-state index < -0.39 is 23.5 Å². The number of fused-ring (bicyclic) bond motifs is 10. The van der Waals surface area contributed by atoms with E-state index in [1.54, 1.807) is 7.05 Å². The summed E-state index contributed by atoms with van der Waals surface area (Å²) in [5.74, 6) is -0.795. The van der Waals surface area contributed by atoms with Crippen LogP contribution in [0.15, 0.2) is 42.5 Å². The molecular weight excluding hydrogens is 444 g/mol. The second kappa shape index (κ2) is 7.09. The van der Waals surface area contributed by atoms with Gasteiger partial charge >= 0.3 is 6.09 Å². The Labute approximate surface area is 200 Å². The molecule has 3 aromatic carbocycles. The predicted octanol–water partition coefficient (Wildman–Crippen LogP) is 5.21. The van der Waals surface area contributed by atoms with E-state index in [0.29, 0.717) is 23.1 Å². The second-order valence-electron chi connectivity index (χ2n) is 10.0. The quantitative estimate of drug-likeness (QED) is 0.309. The van der Waals surface area contributed by atoms with Gasteiger partial charge in [0.25, 0.3) is 11.8 Å². The highest BCUT2D eigenvalue weighted by Gasteiger charge is 2.35. The van der Waals surface area contributed by atoms with Gasteiger partial charge in [-0.05, 0) is 32.4 Å². The summed E-state index contributed by atoms with van der Waals surface area (Å²) < 4.78 is 5.50. The first-order valence-electron chi connectivity index (χ1n) is 11.4. The Hall–Kier alpha value is -4.33. The van der Waals surface area contributed by atoms with Gasteiger partial charge in [0.2, 0.25) is 0 Å². The minimum absolute atomic E-state index is 0.308. The smallest absolute Gasteiger partial charge is 0.410 e. The molecule has 0 unspecified atom stereocenters. The third-order valence-corrected chi connectivity index (χ3v) is 6.42. The van der Waals surface area contributed by atoms with Crippen LogP contribution in [0.4, 0.5) is 4.79 Å². The van der Waals surface area contributed by atoms with Crippen molar-refractivity contribution in [2.75, 3.05) is 7.05 Å². The molecule has 1 aliphatic heterocycles. The maximum absolute atomic E-state index is 13.0. The number of hydrogen-bond donors (Lipinski definition) is 3. The zero-order valence-corrected chi connectivity index (χ0v) is 19.8. The van der Waals surface area contributed by atoms with Crippen molar-refractivity contribution >= 4 is 61.5 Å². The van der Waals surface area contributed by atoms with E-state index in [1.807, 2.05) is 63.2 Å². The number of nitrogens with one attached hydrogen (secondary N) is 3. The monoisotopic (exact) mass is 468 g/mol. The zero-order chi connectivity index (χ0) is 24.6. The van der Waals surface area contributed by atoms with Crippen LogP contribution in [0, 0.1) is 0 Å². The summed E-state index contributed by atoms with van der Waals surface area (Å²) in [6, 6.07) is 13.5. The molecule has 0 aliphatic carbocycles. The highest BCUT2D eigenvalue weighted by atomic mass is 16.6. The summed E-state index contributed by atoms with van der Waals surface area (Å²) in [5.41, 5.74) is 4.26. The van der Waals surface area contributed by atoms with E-state index in [1.165, 1.54) is 4.90 Å². The van der Waals surface area contributed by atoms with Gasteiger partial charge in [0, 0.05) is 34.1 Å². The number of para-hydroxylation sites is 2. The maximum Gasteiger partial charge on any atom is 0.410 e. The SMILES string of the molecule is CN(Cc1cccc2c1[nH]c1c3[nH]c4ccccc4c3c3c(c21)C(=O)NC3=O)C(=O)OC(C)(C)C. The minimum Gasteiger partial charge on any atom is -0.444 e. The van der Waals surface area contributed by atoms with E-state index in [-0.39, 0.29) is 0 Å². The molecule has 3 amide bonds. The standard InChI is InChI=1S/C27H24N4O4/c1-27(2,3)35-26(34)31(4)12-13-8-7-10-15-18-20-19(24(32)30-25(20)33)17-14-9-5-6-11-16(14)28-22(17)23(18)29-21(13)15/h5-11,28-29H,12H2,1-4H3,(H,30,32,33). The molecule has 35 heavy (non-hydrogen) atoms. The van der Waals surface area contributed by atoms with Crippen molar-refractivity contribution in [2.45, 2.75) is 32.9 Å². The number of ether oxygens (including phenoxy) is 1. The fourth-order valence-electron chi connectivity index (χ4n) is 5.04. The minimum atomic E-state index is -0.597. The first-order valence-corrected chi connectivity index (χ1v) is 11.4. The predicted molar refractivity (Wildman–Crippen MR) is 135 cm³/mol. The molecule has 0 radical (unpaired) electrons.